The Labute approximate surface area is 567 Å². The van der Waals surface area contributed by atoms with Crippen molar-refractivity contribution >= 4 is 83.5 Å². The number of fused-ring (bicyclic) bond motifs is 25. The highest BCUT2D eigenvalue weighted by Crippen LogP contribution is 2.65. The van der Waals surface area contributed by atoms with Crippen molar-refractivity contribution in [3.63, 3.8) is 0 Å². The van der Waals surface area contributed by atoms with E-state index in [1.165, 1.54) is 154 Å². The number of benzene rings is 15. The van der Waals surface area contributed by atoms with Crippen molar-refractivity contribution in [1.29, 1.82) is 0 Å². The first-order chi connectivity index (χ1) is 48.6. The third-order valence-electron chi connectivity index (χ3n) is 22.8. The number of para-hydroxylation sites is 6. The summed E-state index contributed by atoms with van der Waals surface area (Å²) in [5, 5.41) is 10.3. The molecule has 2 aliphatic heterocycles. The first-order valence-electron chi connectivity index (χ1n) is 34.2. The molecule has 5 heteroatoms. The quantitative estimate of drug-likeness (QED) is 0.115. The first kappa shape index (κ1) is 53.9. The monoisotopic (exact) mass is 1260 g/mol. The maximum Gasteiger partial charge on any atom is 0.179 e. The lowest BCUT2D eigenvalue weighted by molar-refractivity contribution is 0.748. The van der Waals surface area contributed by atoms with Crippen LogP contribution in [-0.4, -0.2) is 26.8 Å². The Morgan fingerprint density at radius 1 is 0.255 bits per heavy atom. The molecule has 2 aliphatic carbocycles. The molecule has 3 aromatic heterocycles. The van der Waals surface area contributed by atoms with E-state index >= 15 is 0 Å². The molecular weight excluding hydrogens is 1200 g/mol. The minimum Gasteiger partial charge on any atom is -0.309 e. The van der Waals surface area contributed by atoms with Gasteiger partial charge in [0, 0.05) is 32.8 Å². The Hall–Kier alpha value is -12.4. The Kier molecular flexibility index (Phi) is 10.9. The van der Waals surface area contributed by atoms with E-state index in [1.54, 1.807) is 0 Å². The second-order valence-electron chi connectivity index (χ2n) is 27.1. The summed E-state index contributed by atoms with van der Waals surface area (Å²) in [5.41, 5.74) is 27.8. The van der Waals surface area contributed by atoms with E-state index in [0.717, 1.165) is 28.1 Å². The summed E-state index contributed by atoms with van der Waals surface area (Å²) in [5.74, 6) is 0.908. The van der Waals surface area contributed by atoms with E-state index in [1.807, 2.05) is 0 Å². The molecule has 2 spiro atoms. The highest BCUT2D eigenvalue weighted by Gasteiger charge is 2.54. The van der Waals surface area contributed by atoms with Crippen molar-refractivity contribution < 1.29 is 0 Å². The van der Waals surface area contributed by atoms with E-state index in [4.69, 9.17) is 4.98 Å². The fraction of sp³-hybridized carbons (Fsp3) is 0.0215. The summed E-state index contributed by atoms with van der Waals surface area (Å²) in [6, 6.07) is 134. The number of imidazole rings is 1. The van der Waals surface area contributed by atoms with Crippen LogP contribution in [0, 0.1) is 0 Å². The molecule has 4 nitrogen and oxygen atoms in total. The van der Waals surface area contributed by atoms with Crippen LogP contribution in [0.25, 0.3) is 116 Å². The van der Waals surface area contributed by atoms with Gasteiger partial charge in [0.15, 0.2) is 8.07 Å². The molecule has 0 bridgehead atoms. The summed E-state index contributed by atoms with van der Waals surface area (Å²) in [7, 11) is -3.11. The molecule has 98 heavy (non-hydrogen) atoms. The molecular formula is C93H58N4Si. The molecule has 0 amide bonds. The predicted octanol–water partition coefficient (Wildman–Crippen LogP) is 19.3. The topological polar surface area (TPSA) is 27.7 Å². The molecule has 0 fully saturated rings. The van der Waals surface area contributed by atoms with Crippen molar-refractivity contribution in [1.82, 2.24) is 18.7 Å². The van der Waals surface area contributed by atoms with E-state index in [9.17, 15) is 0 Å². The van der Waals surface area contributed by atoms with E-state index in [2.05, 4.69) is 366 Å². The molecule has 18 aromatic rings. The van der Waals surface area contributed by atoms with Gasteiger partial charge in [-0.3, -0.25) is 4.57 Å². The minimum absolute atomic E-state index is 0.650. The molecule has 15 aromatic carbocycles. The summed E-state index contributed by atoms with van der Waals surface area (Å²) >= 11 is 0. The van der Waals surface area contributed by atoms with Crippen molar-refractivity contribution in [2.45, 2.75) is 10.8 Å². The largest absolute Gasteiger partial charge is 0.309 e. The van der Waals surface area contributed by atoms with Gasteiger partial charge < -0.3 is 9.13 Å². The molecule has 0 N–H and O–H groups in total. The molecule has 4 aliphatic rings. The number of hydrogen-bond donors (Lipinski definition) is 0. The summed E-state index contributed by atoms with van der Waals surface area (Å²) < 4.78 is 7.57. The average molecular weight is 1260 g/mol. The molecule has 1 unspecified atom stereocenters. The van der Waals surface area contributed by atoms with Gasteiger partial charge in [-0.05, 0) is 165 Å². The minimum atomic E-state index is -3.11. The van der Waals surface area contributed by atoms with Gasteiger partial charge >= 0.3 is 0 Å². The third-order valence-corrected chi connectivity index (χ3v) is 27.5. The normalized spacial score (nSPS) is 14.9. The zero-order valence-corrected chi connectivity index (χ0v) is 54.3. The van der Waals surface area contributed by atoms with Crippen LogP contribution in [0.2, 0.25) is 0 Å². The van der Waals surface area contributed by atoms with Crippen LogP contribution in [0.1, 0.15) is 44.5 Å². The first-order valence-corrected chi connectivity index (χ1v) is 36.2. The lowest BCUT2D eigenvalue weighted by Gasteiger charge is -2.41. The molecule has 0 radical (unpaired) electrons. The second-order valence-corrected chi connectivity index (χ2v) is 30.9. The van der Waals surface area contributed by atoms with Crippen LogP contribution in [0.4, 0.5) is 0 Å². The molecule has 0 saturated carbocycles. The van der Waals surface area contributed by atoms with Crippen LogP contribution in [0.15, 0.2) is 352 Å². The van der Waals surface area contributed by atoms with E-state index in [0.29, 0.717) is 0 Å². The number of nitrogens with zero attached hydrogens (tertiary/aromatic N) is 4. The van der Waals surface area contributed by atoms with Crippen LogP contribution in [-0.2, 0) is 10.8 Å². The Morgan fingerprint density at radius 2 is 0.704 bits per heavy atom. The average Bonchev–Trinajstić information content (AvgIpc) is 1.47. The van der Waals surface area contributed by atoms with Gasteiger partial charge in [0.1, 0.15) is 5.82 Å². The molecule has 454 valence electrons. The van der Waals surface area contributed by atoms with E-state index in [-0.39, 0.29) is 0 Å². The van der Waals surface area contributed by atoms with Gasteiger partial charge in [-0.1, -0.05) is 285 Å². The van der Waals surface area contributed by atoms with Crippen LogP contribution >= 0.6 is 0 Å². The van der Waals surface area contributed by atoms with Gasteiger partial charge in [-0.15, -0.1) is 0 Å². The number of hydrogen-bond acceptors (Lipinski definition) is 1. The molecule has 22 rings (SSSR count). The Morgan fingerprint density at radius 3 is 1.34 bits per heavy atom. The van der Waals surface area contributed by atoms with Crippen molar-refractivity contribution in [3.05, 3.63) is 396 Å². The van der Waals surface area contributed by atoms with Gasteiger partial charge in [-0.25, -0.2) is 4.98 Å². The van der Waals surface area contributed by atoms with Crippen molar-refractivity contribution in [2.24, 2.45) is 0 Å². The maximum atomic E-state index is 5.64. The fourth-order valence-corrected chi connectivity index (χ4v) is 24.0. The second kappa shape index (κ2) is 19.8. The van der Waals surface area contributed by atoms with Gasteiger partial charge in [0.2, 0.25) is 0 Å². The maximum absolute atomic E-state index is 5.64. The number of rotatable bonds is 7. The van der Waals surface area contributed by atoms with Crippen LogP contribution in [0.3, 0.4) is 0 Å². The number of aromatic nitrogens is 4. The lowest BCUT2D eigenvalue weighted by Crippen LogP contribution is -2.74. The molecule has 5 heterocycles. The zero-order chi connectivity index (χ0) is 64.0. The highest BCUT2D eigenvalue weighted by atomic mass is 28.3. The highest BCUT2D eigenvalue weighted by molar-refractivity contribution is 7.20. The van der Waals surface area contributed by atoms with Gasteiger partial charge in [-0.2, -0.15) is 0 Å². The lowest BCUT2D eigenvalue weighted by atomic mass is 9.65. The summed E-state index contributed by atoms with van der Waals surface area (Å²) in [4.78, 5) is 5.64. The van der Waals surface area contributed by atoms with Crippen LogP contribution < -0.4 is 20.7 Å². The SMILES string of the molecule is c1ccc(-n2c(-c3cc4c5c(c3)c3cc(-c6cccc7c6-c6ccccc6C76c7ccccc7-n7c8ccccc8c8cc([Si](c9ccccc9)(c9ccccc9)c9ccccc9)cc6c87)ccc3n5-c3ccccc3C43c4ccccc4-c4ccccc43)nc3ccccc32)cc1. The zero-order valence-electron chi connectivity index (χ0n) is 53.3. The standard InChI is InChI=1S/C93H58N4Si/c1-5-28-61(29-6-1)95-87-51-26-22-47-82(87)94-91(95)60-55-72-71-54-59(52-53-84(71)97-85-49-24-20-44-77(85)92(80(56-60)89(72)97)74-41-17-13-36-67(74)68-37-14-18-42-75(68)92)66-40-27-46-79-88(66)70-39-15-19-43-76(70)93(79)78-45-21-25-50-86(78)96-83-48-23-16-38-69(83)73-57-65(58-81(93)90(73)96)98(62-30-7-2-8-31-62,63-32-9-3-10-33-63)64-34-11-4-12-35-64/h1-58H. The van der Waals surface area contributed by atoms with Crippen LogP contribution in [0.5, 0.6) is 0 Å². The van der Waals surface area contributed by atoms with Gasteiger partial charge in [0.25, 0.3) is 0 Å². The summed E-state index contributed by atoms with van der Waals surface area (Å²) in [6.07, 6.45) is 0. The molecule has 0 saturated heterocycles. The smallest absolute Gasteiger partial charge is 0.179 e. The Bertz CT molecular complexity index is 6290. The van der Waals surface area contributed by atoms with Gasteiger partial charge in [0.05, 0.1) is 55.3 Å². The van der Waals surface area contributed by atoms with E-state index < -0.39 is 18.9 Å². The molecule has 1 atom stereocenters. The third kappa shape index (κ3) is 6.71. The summed E-state index contributed by atoms with van der Waals surface area (Å²) in [6.45, 7) is 0. The van der Waals surface area contributed by atoms with Crippen molar-refractivity contribution in [2.75, 3.05) is 0 Å². The predicted molar refractivity (Wildman–Crippen MR) is 406 cm³/mol. The van der Waals surface area contributed by atoms with Crippen molar-refractivity contribution in [3.8, 4) is 61.8 Å². The fourth-order valence-electron chi connectivity index (χ4n) is 19.2. The Balaban J connectivity index is 0.852.